The lowest BCUT2D eigenvalue weighted by molar-refractivity contribution is 0.391. The second-order valence-corrected chi connectivity index (χ2v) is 7.42. The highest BCUT2D eigenvalue weighted by molar-refractivity contribution is 7.98. The molecule has 4 rings (SSSR count). The van der Waals surface area contributed by atoms with Crippen LogP contribution in [-0.4, -0.2) is 20.3 Å². The summed E-state index contributed by atoms with van der Waals surface area (Å²) >= 11 is 7.25. The molecular formula is C19H15ClN4O2S. The van der Waals surface area contributed by atoms with Crippen LogP contribution in [0.25, 0.3) is 22.8 Å². The summed E-state index contributed by atoms with van der Waals surface area (Å²) in [7, 11) is 0. The molecule has 8 heteroatoms. The summed E-state index contributed by atoms with van der Waals surface area (Å²) in [6.07, 6.45) is 0. The van der Waals surface area contributed by atoms with Crippen LogP contribution in [0.4, 0.5) is 0 Å². The predicted molar refractivity (Wildman–Crippen MR) is 104 cm³/mol. The number of aromatic nitrogens is 4. The van der Waals surface area contributed by atoms with Gasteiger partial charge in [0.1, 0.15) is 0 Å². The molecule has 0 N–H and O–H groups in total. The lowest BCUT2D eigenvalue weighted by Crippen LogP contribution is -1.83. The van der Waals surface area contributed by atoms with Crippen LogP contribution in [0, 0.1) is 13.8 Å². The molecule has 0 unspecified atom stereocenters. The van der Waals surface area contributed by atoms with E-state index in [1.54, 1.807) is 12.1 Å². The molecule has 0 amide bonds. The molecule has 0 bridgehead atoms. The maximum atomic E-state index is 5.89. The van der Waals surface area contributed by atoms with Crippen molar-refractivity contribution in [3.8, 4) is 22.8 Å². The van der Waals surface area contributed by atoms with Crippen LogP contribution < -0.4 is 0 Å². The molecule has 0 aliphatic heterocycles. The van der Waals surface area contributed by atoms with Gasteiger partial charge in [0.25, 0.3) is 5.22 Å². The van der Waals surface area contributed by atoms with E-state index in [1.807, 2.05) is 38.1 Å². The van der Waals surface area contributed by atoms with Crippen molar-refractivity contribution >= 4 is 23.4 Å². The van der Waals surface area contributed by atoms with Crippen LogP contribution in [0.2, 0.25) is 5.02 Å². The minimum Gasteiger partial charge on any atom is -0.411 e. The summed E-state index contributed by atoms with van der Waals surface area (Å²) in [5.74, 6) is 1.94. The Morgan fingerprint density at radius 1 is 0.963 bits per heavy atom. The molecule has 0 aliphatic rings. The zero-order valence-corrected chi connectivity index (χ0v) is 16.2. The number of halogens is 1. The van der Waals surface area contributed by atoms with Crippen LogP contribution in [0.15, 0.2) is 56.6 Å². The average Bonchev–Trinajstić information content (AvgIpc) is 3.29. The van der Waals surface area contributed by atoms with Gasteiger partial charge in [-0.3, -0.25) is 0 Å². The van der Waals surface area contributed by atoms with Crippen LogP contribution in [0.1, 0.15) is 17.0 Å². The molecule has 2 aromatic carbocycles. The van der Waals surface area contributed by atoms with Crippen molar-refractivity contribution in [3.05, 3.63) is 64.5 Å². The van der Waals surface area contributed by atoms with Gasteiger partial charge in [0.15, 0.2) is 0 Å². The van der Waals surface area contributed by atoms with Gasteiger partial charge in [-0.1, -0.05) is 45.7 Å². The fourth-order valence-corrected chi connectivity index (χ4v) is 3.36. The molecular weight excluding hydrogens is 384 g/mol. The molecule has 0 radical (unpaired) electrons. The molecule has 6 nitrogen and oxygen atoms in total. The maximum Gasteiger partial charge on any atom is 0.277 e. The topological polar surface area (TPSA) is 77.8 Å². The normalized spacial score (nSPS) is 11.1. The highest BCUT2D eigenvalue weighted by atomic mass is 35.5. The van der Waals surface area contributed by atoms with Gasteiger partial charge in [0.2, 0.25) is 17.6 Å². The monoisotopic (exact) mass is 398 g/mol. The Kier molecular flexibility index (Phi) is 4.96. The van der Waals surface area contributed by atoms with E-state index >= 15 is 0 Å². The first-order valence-corrected chi connectivity index (χ1v) is 9.57. The van der Waals surface area contributed by atoms with Crippen LogP contribution in [0.3, 0.4) is 0 Å². The van der Waals surface area contributed by atoms with E-state index in [0.717, 1.165) is 22.3 Å². The Hall–Kier alpha value is -2.64. The molecule has 2 aromatic heterocycles. The highest BCUT2D eigenvalue weighted by Gasteiger charge is 2.13. The SMILES string of the molecule is Cc1cc(C)cc(-c2nnc(SCc3nc(-c4ccc(Cl)cc4)no3)o2)c1. The van der Waals surface area contributed by atoms with Gasteiger partial charge in [-0.15, -0.1) is 10.2 Å². The Bertz CT molecular complexity index is 1060. The number of hydrogen-bond acceptors (Lipinski definition) is 7. The third-order valence-electron chi connectivity index (χ3n) is 3.76. The van der Waals surface area contributed by atoms with E-state index in [0.29, 0.717) is 33.6 Å². The minimum absolute atomic E-state index is 0.440. The first kappa shape index (κ1) is 17.8. The van der Waals surface area contributed by atoms with Gasteiger partial charge in [0.05, 0.1) is 5.75 Å². The molecule has 27 heavy (non-hydrogen) atoms. The molecule has 0 spiro atoms. The summed E-state index contributed by atoms with van der Waals surface area (Å²) in [5, 5.41) is 13.3. The van der Waals surface area contributed by atoms with Crippen LogP contribution in [0.5, 0.6) is 0 Å². The molecule has 0 saturated carbocycles. The summed E-state index contributed by atoms with van der Waals surface area (Å²) in [6.45, 7) is 4.08. The number of rotatable bonds is 5. The van der Waals surface area contributed by atoms with E-state index in [2.05, 4.69) is 26.4 Å². The average molecular weight is 399 g/mol. The summed E-state index contributed by atoms with van der Waals surface area (Å²) in [5.41, 5.74) is 4.06. The van der Waals surface area contributed by atoms with Gasteiger partial charge < -0.3 is 8.94 Å². The van der Waals surface area contributed by atoms with Gasteiger partial charge in [0, 0.05) is 16.1 Å². The first-order valence-electron chi connectivity index (χ1n) is 8.20. The lowest BCUT2D eigenvalue weighted by atomic mass is 10.1. The quantitative estimate of drug-likeness (QED) is 0.419. The Labute approximate surface area is 165 Å². The Morgan fingerprint density at radius 2 is 1.70 bits per heavy atom. The summed E-state index contributed by atoms with van der Waals surface area (Å²) in [6, 6.07) is 13.4. The van der Waals surface area contributed by atoms with Gasteiger partial charge in [-0.2, -0.15) is 4.98 Å². The third kappa shape index (κ3) is 4.20. The van der Waals surface area contributed by atoms with E-state index in [9.17, 15) is 0 Å². The van der Waals surface area contributed by atoms with Crippen LogP contribution in [-0.2, 0) is 5.75 Å². The highest BCUT2D eigenvalue weighted by Crippen LogP contribution is 2.27. The number of hydrogen-bond donors (Lipinski definition) is 0. The van der Waals surface area contributed by atoms with Crippen molar-refractivity contribution in [1.82, 2.24) is 20.3 Å². The Balaban J connectivity index is 1.44. The molecule has 0 atom stereocenters. The van der Waals surface area contributed by atoms with E-state index in [4.69, 9.17) is 20.5 Å². The molecule has 0 saturated heterocycles. The number of benzene rings is 2. The third-order valence-corrected chi connectivity index (χ3v) is 4.82. The van der Waals surface area contributed by atoms with Crippen molar-refractivity contribution in [2.24, 2.45) is 0 Å². The second kappa shape index (κ2) is 7.54. The number of aryl methyl sites for hydroxylation is 2. The van der Waals surface area contributed by atoms with E-state index in [-0.39, 0.29) is 0 Å². The molecule has 0 aliphatic carbocycles. The number of thioether (sulfide) groups is 1. The maximum absolute atomic E-state index is 5.89. The zero-order chi connectivity index (χ0) is 18.8. The first-order chi connectivity index (χ1) is 13.1. The van der Waals surface area contributed by atoms with E-state index in [1.165, 1.54) is 11.8 Å². The van der Waals surface area contributed by atoms with Crippen molar-refractivity contribution in [2.75, 3.05) is 0 Å². The van der Waals surface area contributed by atoms with Crippen LogP contribution >= 0.6 is 23.4 Å². The number of nitrogens with zero attached hydrogens (tertiary/aromatic N) is 4. The molecule has 4 aromatic rings. The van der Waals surface area contributed by atoms with Gasteiger partial charge in [-0.25, -0.2) is 0 Å². The largest absolute Gasteiger partial charge is 0.411 e. The van der Waals surface area contributed by atoms with Gasteiger partial charge in [-0.05, 0) is 50.2 Å². The van der Waals surface area contributed by atoms with E-state index < -0.39 is 0 Å². The molecule has 2 heterocycles. The zero-order valence-electron chi connectivity index (χ0n) is 14.6. The van der Waals surface area contributed by atoms with Crippen molar-refractivity contribution in [2.45, 2.75) is 24.8 Å². The summed E-state index contributed by atoms with van der Waals surface area (Å²) in [4.78, 5) is 4.38. The minimum atomic E-state index is 0.440. The fourth-order valence-electron chi connectivity index (χ4n) is 2.64. The summed E-state index contributed by atoms with van der Waals surface area (Å²) < 4.78 is 11.0. The fraction of sp³-hybridized carbons (Fsp3) is 0.158. The Morgan fingerprint density at radius 3 is 2.44 bits per heavy atom. The lowest BCUT2D eigenvalue weighted by Gasteiger charge is -1.99. The second-order valence-electron chi connectivity index (χ2n) is 6.06. The van der Waals surface area contributed by atoms with Gasteiger partial charge >= 0.3 is 0 Å². The molecule has 136 valence electrons. The smallest absolute Gasteiger partial charge is 0.277 e. The standard InChI is InChI=1S/C19H15ClN4O2S/c1-11-7-12(2)9-14(8-11)18-22-23-19(25-18)27-10-16-21-17(24-26-16)13-3-5-15(20)6-4-13/h3-9H,10H2,1-2H3. The van der Waals surface area contributed by atoms with Crippen molar-refractivity contribution < 1.29 is 8.94 Å². The van der Waals surface area contributed by atoms with Crippen molar-refractivity contribution in [1.29, 1.82) is 0 Å². The predicted octanol–water partition coefficient (Wildman–Crippen LogP) is 5.35. The molecule has 0 fully saturated rings. The van der Waals surface area contributed by atoms with Crippen molar-refractivity contribution in [3.63, 3.8) is 0 Å².